The monoisotopic (exact) mass is 276 g/mol. The molecule has 96 valence electrons. The zero-order valence-corrected chi connectivity index (χ0v) is 12.2. The van der Waals surface area contributed by atoms with Crippen LogP contribution in [0.5, 0.6) is 0 Å². The van der Waals surface area contributed by atoms with E-state index in [1.165, 1.54) is 0 Å². The highest BCUT2D eigenvalue weighted by Crippen LogP contribution is 2.10. The van der Waals surface area contributed by atoms with Crippen LogP contribution in [0.3, 0.4) is 0 Å². The van der Waals surface area contributed by atoms with Gasteiger partial charge in [-0.05, 0) is 6.92 Å². The molecule has 1 atom stereocenters. The van der Waals surface area contributed by atoms with Crippen molar-refractivity contribution in [1.29, 1.82) is 0 Å². The normalized spacial score (nSPS) is 13.7. The highest BCUT2D eigenvalue weighted by Gasteiger charge is 2.23. The average Bonchev–Trinajstić information content (AvgIpc) is 2.13. The smallest absolute Gasteiger partial charge is 0.331 e. The minimum atomic E-state index is -1.44. The molecule has 1 aromatic rings. The summed E-state index contributed by atoms with van der Waals surface area (Å²) in [6.07, 6.45) is 0. The minimum Gasteiger partial charge on any atom is -0.361 e. The lowest BCUT2D eigenvalue weighted by molar-refractivity contribution is 0.0517. The molecule has 1 heterocycles. The number of hydrogen-bond donors (Lipinski definition) is 1. The molecule has 1 rings (SSSR count). The van der Waals surface area contributed by atoms with E-state index < -0.39 is 19.3 Å². The molecule has 0 spiro atoms. The molecule has 0 saturated carbocycles. The molecule has 17 heavy (non-hydrogen) atoms. The number of aromatic nitrogens is 2. The van der Waals surface area contributed by atoms with E-state index >= 15 is 0 Å². The zero-order valence-electron chi connectivity index (χ0n) is 10.4. The average molecular weight is 277 g/mol. The van der Waals surface area contributed by atoms with Crippen LogP contribution in [0.2, 0.25) is 24.8 Å². The predicted molar refractivity (Wildman–Crippen MR) is 70.2 cm³/mol. The van der Waals surface area contributed by atoms with Crippen LogP contribution in [0.1, 0.15) is 6.92 Å². The second-order valence-electron chi connectivity index (χ2n) is 4.99. The zero-order chi connectivity index (χ0) is 13.2. The third-order valence-electron chi connectivity index (χ3n) is 2.66. The summed E-state index contributed by atoms with van der Waals surface area (Å²) < 4.78 is 6.54. The third-order valence-corrected chi connectivity index (χ3v) is 5.47. The van der Waals surface area contributed by atoms with Gasteiger partial charge in [-0.2, -0.15) is 0 Å². The van der Waals surface area contributed by atoms with E-state index in [4.69, 9.17) is 16.3 Å². The Balaban J connectivity index is 2.85. The summed E-state index contributed by atoms with van der Waals surface area (Å²) in [5.74, 6) is 0. The SMILES string of the molecule is CC(OCn1c(=O)cc(Cl)[nH]c1=O)[Si](C)(C)C. The molecule has 0 aliphatic heterocycles. The number of ether oxygens (including phenoxy) is 1. The van der Waals surface area contributed by atoms with E-state index in [1.54, 1.807) is 0 Å². The van der Waals surface area contributed by atoms with Gasteiger partial charge in [-0.25, -0.2) is 9.36 Å². The summed E-state index contributed by atoms with van der Waals surface area (Å²) in [7, 11) is -1.44. The summed E-state index contributed by atoms with van der Waals surface area (Å²) in [6, 6.07) is 1.16. The fourth-order valence-corrected chi connectivity index (χ4v) is 1.80. The van der Waals surface area contributed by atoms with Crippen molar-refractivity contribution >= 4 is 19.7 Å². The lowest BCUT2D eigenvalue weighted by Crippen LogP contribution is -2.41. The Hall–Kier alpha value is -0.853. The molecule has 0 fully saturated rings. The van der Waals surface area contributed by atoms with E-state index in [2.05, 4.69) is 24.6 Å². The summed E-state index contributed by atoms with van der Waals surface area (Å²) in [4.78, 5) is 25.3. The lowest BCUT2D eigenvalue weighted by Gasteiger charge is -2.25. The lowest BCUT2D eigenvalue weighted by atomic mass is 10.6. The molecule has 0 saturated heterocycles. The van der Waals surface area contributed by atoms with Crippen molar-refractivity contribution in [2.75, 3.05) is 0 Å². The topological polar surface area (TPSA) is 64.1 Å². The third kappa shape index (κ3) is 3.83. The Bertz CT molecular complexity index is 472. The molecule has 1 N–H and O–H groups in total. The molecule has 0 aromatic carbocycles. The molecule has 0 aliphatic rings. The number of halogens is 1. The predicted octanol–water partition coefficient (Wildman–Crippen LogP) is 1.43. The largest absolute Gasteiger partial charge is 0.361 e. The maximum absolute atomic E-state index is 11.5. The van der Waals surface area contributed by atoms with E-state index in [9.17, 15) is 9.59 Å². The number of aromatic amines is 1. The quantitative estimate of drug-likeness (QED) is 0.668. The van der Waals surface area contributed by atoms with Crippen molar-refractivity contribution < 1.29 is 4.74 Å². The van der Waals surface area contributed by atoms with Crippen LogP contribution in [0, 0.1) is 0 Å². The maximum Gasteiger partial charge on any atom is 0.331 e. The molecule has 7 heteroatoms. The summed E-state index contributed by atoms with van der Waals surface area (Å²) in [6.45, 7) is 8.39. The van der Waals surface area contributed by atoms with Gasteiger partial charge in [0.05, 0.1) is 8.07 Å². The number of rotatable bonds is 4. The van der Waals surface area contributed by atoms with Crippen molar-refractivity contribution in [2.45, 2.75) is 39.0 Å². The number of H-pyrrole nitrogens is 1. The molecule has 1 aromatic heterocycles. The molecular weight excluding hydrogens is 260 g/mol. The number of hydrogen-bond acceptors (Lipinski definition) is 3. The second kappa shape index (κ2) is 5.20. The van der Waals surface area contributed by atoms with E-state index in [1.807, 2.05) is 6.92 Å². The number of nitrogens with zero attached hydrogens (tertiary/aromatic N) is 1. The van der Waals surface area contributed by atoms with E-state index in [-0.39, 0.29) is 17.6 Å². The van der Waals surface area contributed by atoms with Gasteiger partial charge < -0.3 is 4.74 Å². The molecule has 5 nitrogen and oxygen atoms in total. The van der Waals surface area contributed by atoms with Gasteiger partial charge in [0.25, 0.3) is 5.56 Å². The van der Waals surface area contributed by atoms with Gasteiger partial charge in [0.15, 0.2) is 0 Å². The Morgan fingerprint density at radius 3 is 2.53 bits per heavy atom. The summed E-state index contributed by atoms with van der Waals surface area (Å²) >= 11 is 5.55. The van der Waals surface area contributed by atoms with Crippen molar-refractivity contribution in [3.8, 4) is 0 Å². The van der Waals surface area contributed by atoms with Crippen LogP contribution in [0.25, 0.3) is 0 Å². The molecule has 0 aliphatic carbocycles. The van der Waals surface area contributed by atoms with Crippen LogP contribution < -0.4 is 11.2 Å². The van der Waals surface area contributed by atoms with E-state index in [0.717, 1.165) is 10.6 Å². The molecule has 0 bridgehead atoms. The fraction of sp³-hybridized carbons (Fsp3) is 0.600. The Labute approximate surface area is 105 Å². The first-order valence-corrected chi connectivity index (χ1v) is 9.28. The molecular formula is C10H17ClN2O3Si. The first-order chi connectivity index (χ1) is 7.71. The first kappa shape index (κ1) is 14.2. The fourth-order valence-electron chi connectivity index (χ4n) is 1.05. The minimum absolute atomic E-state index is 0.0366. The van der Waals surface area contributed by atoms with Crippen LogP contribution in [0.15, 0.2) is 15.7 Å². The maximum atomic E-state index is 11.5. The first-order valence-electron chi connectivity index (χ1n) is 5.33. The molecule has 1 unspecified atom stereocenters. The summed E-state index contributed by atoms with van der Waals surface area (Å²) in [5, 5.41) is 0.0366. The van der Waals surface area contributed by atoms with Crippen LogP contribution in [0.4, 0.5) is 0 Å². The highest BCUT2D eigenvalue weighted by atomic mass is 35.5. The second-order valence-corrected chi connectivity index (χ2v) is 10.9. The van der Waals surface area contributed by atoms with Crippen LogP contribution in [-0.2, 0) is 11.5 Å². The van der Waals surface area contributed by atoms with Gasteiger partial charge in [0, 0.05) is 11.8 Å². The van der Waals surface area contributed by atoms with Crippen molar-refractivity contribution in [3.05, 3.63) is 32.1 Å². The van der Waals surface area contributed by atoms with Crippen molar-refractivity contribution in [3.63, 3.8) is 0 Å². The van der Waals surface area contributed by atoms with Crippen LogP contribution >= 0.6 is 11.6 Å². The Morgan fingerprint density at radius 1 is 1.47 bits per heavy atom. The molecule has 0 radical (unpaired) electrons. The van der Waals surface area contributed by atoms with Gasteiger partial charge in [-0.1, -0.05) is 31.2 Å². The standard InChI is InChI=1S/C10H17ClN2O3Si/c1-7(17(2,3)4)16-6-13-9(14)5-8(11)12-10(13)15/h5,7H,6H2,1-4H3,(H,12,15). The van der Waals surface area contributed by atoms with Gasteiger partial charge in [-0.3, -0.25) is 9.78 Å². The highest BCUT2D eigenvalue weighted by molar-refractivity contribution is 6.77. The van der Waals surface area contributed by atoms with Gasteiger partial charge in [0.1, 0.15) is 11.9 Å². The van der Waals surface area contributed by atoms with Gasteiger partial charge >= 0.3 is 5.69 Å². The molecule has 0 amide bonds. The Morgan fingerprint density at radius 2 is 2.06 bits per heavy atom. The number of nitrogens with one attached hydrogen (secondary N) is 1. The van der Waals surface area contributed by atoms with Crippen LogP contribution in [-0.4, -0.2) is 23.4 Å². The van der Waals surface area contributed by atoms with Crippen molar-refractivity contribution in [2.24, 2.45) is 0 Å². The van der Waals surface area contributed by atoms with Gasteiger partial charge in [0.2, 0.25) is 0 Å². The van der Waals surface area contributed by atoms with Crippen molar-refractivity contribution in [1.82, 2.24) is 9.55 Å². The van der Waals surface area contributed by atoms with E-state index in [0.29, 0.717) is 0 Å². The Kier molecular flexibility index (Phi) is 4.35. The van der Waals surface area contributed by atoms with Gasteiger partial charge in [-0.15, -0.1) is 0 Å². The summed E-state index contributed by atoms with van der Waals surface area (Å²) in [5.41, 5.74) is -0.948.